The molecule has 0 aliphatic heterocycles. The van der Waals surface area contributed by atoms with E-state index in [1.54, 1.807) is 26.1 Å². The number of aryl methyl sites for hydroxylation is 1. The first-order valence-corrected chi connectivity index (χ1v) is 12.0. The zero-order chi connectivity index (χ0) is 24.8. The van der Waals surface area contributed by atoms with Crippen LogP contribution in [0.15, 0.2) is 46.9 Å². The molecule has 182 valence electrons. The number of esters is 1. The van der Waals surface area contributed by atoms with Gasteiger partial charge < -0.3 is 19.4 Å². The van der Waals surface area contributed by atoms with E-state index in [9.17, 15) is 9.59 Å². The van der Waals surface area contributed by atoms with Crippen LogP contribution in [0, 0.1) is 12.8 Å². The first-order chi connectivity index (χ1) is 16.2. The Kier molecular flexibility index (Phi) is 8.61. The van der Waals surface area contributed by atoms with E-state index in [1.807, 2.05) is 30.3 Å². The third-order valence-corrected chi connectivity index (χ3v) is 5.97. The first-order valence-electron chi connectivity index (χ1n) is 11.7. The van der Waals surface area contributed by atoms with Gasteiger partial charge in [-0.15, -0.1) is 0 Å². The van der Waals surface area contributed by atoms with Crippen molar-refractivity contribution in [1.29, 1.82) is 0 Å². The molecule has 0 saturated heterocycles. The van der Waals surface area contributed by atoms with Crippen LogP contribution in [0.3, 0.4) is 0 Å². The van der Waals surface area contributed by atoms with Gasteiger partial charge in [0.05, 0.1) is 19.1 Å². The Morgan fingerprint density at radius 2 is 1.85 bits per heavy atom. The SMILES string of the molecule is CCOC(=O)CCN(C)C(=O)c1ccc(NC(CC(C)C)c2oc3ccc(Cl)cc3c2C)cc1. The molecule has 1 unspecified atom stereocenters. The minimum absolute atomic E-state index is 0.0278. The molecule has 0 fully saturated rings. The molecule has 1 N–H and O–H groups in total. The Balaban J connectivity index is 1.74. The number of hydrogen-bond donors (Lipinski definition) is 1. The summed E-state index contributed by atoms with van der Waals surface area (Å²) in [6.45, 7) is 8.82. The van der Waals surface area contributed by atoms with Crippen molar-refractivity contribution in [2.45, 2.75) is 46.6 Å². The molecule has 0 bridgehead atoms. The number of fused-ring (bicyclic) bond motifs is 1. The van der Waals surface area contributed by atoms with E-state index < -0.39 is 0 Å². The van der Waals surface area contributed by atoms with Gasteiger partial charge in [-0.05, 0) is 68.7 Å². The second-order valence-corrected chi connectivity index (χ2v) is 9.35. The maximum absolute atomic E-state index is 12.7. The molecule has 7 heteroatoms. The van der Waals surface area contributed by atoms with Crippen molar-refractivity contribution in [1.82, 2.24) is 4.90 Å². The zero-order valence-corrected chi connectivity index (χ0v) is 21.2. The number of carbonyl (C=O) groups excluding carboxylic acids is 2. The maximum Gasteiger partial charge on any atom is 0.307 e. The van der Waals surface area contributed by atoms with E-state index in [2.05, 4.69) is 26.1 Å². The summed E-state index contributed by atoms with van der Waals surface area (Å²) in [6, 6.07) is 13.0. The largest absolute Gasteiger partial charge is 0.466 e. The van der Waals surface area contributed by atoms with Gasteiger partial charge >= 0.3 is 5.97 Å². The Morgan fingerprint density at radius 3 is 2.50 bits per heavy atom. The van der Waals surface area contributed by atoms with Crippen LogP contribution in [-0.4, -0.2) is 37.0 Å². The van der Waals surface area contributed by atoms with Crippen LogP contribution in [0.2, 0.25) is 5.02 Å². The summed E-state index contributed by atoms with van der Waals surface area (Å²) in [5, 5.41) is 5.28. The number of nitrogens with one attached hydrogen (secondary N) is 1. The van der Waals surface area contributed by atoms with Crippen molar-refractivity contribution in [3.8, 4) is 0 Å². The predicted octanol–water partition coefficient (Wildman–Crippen LogP) is 6.62. The van der Waals surface area contributed by atoms with Crippen molar-refractivity contribution < 1.29 is 18.7 Å². The molecule has 0 aliphatic carbocycles. The number of ether oxygens (including phenoxy) is 1. The second kappa shape index (κ2) is 11.4. The van der Waals surface area contributed by atoms with E-state index in [4.69, 9.17) is 20.8 Å². The highest BCUT2D eigenvalue weighted by Crippen LogP contribution is 2.35. The molecule has 3 rings (SSSR count). The summed E-state index contributed by atoms with van der Waals surface area (Å²) in [6.07, 6.45) is 1.06. The van der Waals surface area contributed by atoms with Gasteiger partial charge in [0.15, 0.2) is 0 Å². The van der Waals surface area contributed by atoms with Gasteiger partial charge in [-0.25, -0.2) is 0 Å². The first kappa shape index (κ1) is 25.6. The molecule has 2 aromatic carbocycles. The lowest BCUT2D eigenvalue weighted by Gasteiger charge is -2.21. The predicted molar refractivity (Wildman–Crippen MR) is 136 cm³/mol. The van der Waals surface area contributed by atoms with Crippen molar-refractivity contribution in [3.05, 3.63) is 64.4 Å². The number of halogens is 1. The maximum atomic E-state index is 12.7. The van der Waals surface area contributed by atoms with Crippen molar-refractivity contribution in [3.63, 3.8) is 0 Å². The molecular formula is C27H33ClN2O4. The lowest BCUT2D eigenvalue weighted by atomic mass is 9.98. The average molecular weight is 485 g/mol. The van der Waals surface area contributed by atoms with Crippen LogP contribution in [0.4, 0.5) is 5.69 Å². The minimum atomic E-state index is -0.305. The second-order valence-electron chi connectivity index (χ2n) is 8.92. The summed E-state index contributed by atoms with van der Waals surface area (Å²) in [5.74, 6) is 0.896. The van der Waals surface area contributed by atoms with Crippen LogP contribution < -0.4 is 5.32 Å². The van der Waals surface area contributed by atoms with Gasteiger partial charge in [0.25, 0.3) is 5.91 Å². The molecule has 1 amide bonds. The summed E-state index contributed by atoms with van der Waals surface area (Å²) in [5.41, 5.74) is 3.35. The molecule has 1 atom stereocenters. The third-order valence-electron chi connectivity index (χ3n) is 5.73. The summed E-state index contributed by atoms with van der Waals surface area (Å²) in [4.78, 5) is 25.8. The van der Waals surface area contributed by atoms with E-state index in [0.717, 1.165) is 34.4 Å². The number of furan rings is 1. The van der Waals surface area contributed by atoms with Crippen LogP contribution in [0.1, 0.15) is 61.3 Å². The van der Waals surface area contributed by atoms with E-state index >= 15 is 0 Å². The van der Waals surface area contributed by atoms with Crippen LogP contribution in [0.25, 0.3) is 11.0 Å². The monoisotopic (exact) mass is 484 g/mol. The highest BCUT2D eigenvalue weighted by Gasteiger charge is 2.22. The molecule has 1 heterocycles. The highest BCUT2D eigenvalue weighted by molar-refractivity contribution is 6.31. The number of carbonyl (C=O) groups is 2. The molecule has 6 nitrogen and oxygen atoms in total. The number of benzene rings is 2. The van der Waals surface area contributed by atoms with Crippen molar-refractivity contribution >= 4 is 40.1 Å². The summed E-state index contributed by atoms with van der Waals surface area (Å²) < 4.78 is 11.2. The number of rotatable bonds is 10. The molecule has 0 radical (unpaired) electrons. The van der Waals surface area contributed by atoms with Crippen LogP contribution in [-0.2, 0) is 9.53 Å². The van der Waals surface area contributed by atoms with Crippen molar-refractivity contribution in [2.24, 2.45) is 5.92 Å². The van der Waals surface area contributed by atoms with Gasteiger partial charge in [0, 0.05) is 40.8 Å². The fraction of sp³-hybridized carbons (Fsp3) is 0.407. The molecular weight excluding hydrogens is 452 g/mol. The Hall–Kier alpha value is -2.99. The molecule has 0 spiro atoms. The van der Waals surface area contributed by atoms with Gasteiger partial charge in [0.1, 0.15) is 11.3 Å². The molecule has 1 aromatic heterocycles. The minimum Gasteiger partial charge on any atom is -0.466 e. The lowest BCUT2D eigenvalue weighted by Crippen LogP contribution is -2.29. The number of anilines is 1. The quantitative estimate of drug-likeness (QED) is 0.327. The Morgan fingerprint density at radius 1 is 1.15 bits per heavy atom. The summed E-state index contributed by atoms with van der Waals surface area (Å²) >= 11 is 6.19. The van der Waals surface area contributed by atoms with Crippen LogP contribution >= 0.6 is 11.6 Å². The number of nitrogens with zero attached hydrogens (tertiary/aromatic N) is 1. The zero-order valence-electron chi connectivity index (χ0n) is 20.5. The van der Waals surface area contributed by atoms with Crippen LogP contribution in [0.5, 0.6) is 0 Å². The molecule has 34 heavy (non-hydrogen) atoms. The van der Waals surface area contributed by atoms with Gasteiger partial charge in [-0.1, -0.05) is 25.4 Å². The van der Waals surface area contributed by atoms with E-state index in [-0.39, 0.29) is 24.3 Å². The number of hydrogen-bond acceptors (Lipinski definition) is 5. The fourth-order valence-electron chi connectivity index (χ4n) is 3.97. The van der Waals surface area contributed by atoms with E-state index in [0.29, 0.717) is 29.7 Å². The van der Waals surface area contributed by atoms with Gasteiger partial charge in [-0.2, -0.15) is 0 Å². The summed E-state index contributed by atoms with van der Waals surface area (Å²) in [7, 11) is 1.68. The Labute approximate surface area is 206 Å². The average Bonchev–Trinajstić information content (AvgIpc) is 3.12. The number of amides is 1. The van der Waals surface area contributed by atoms with Gasteiger partial charge in [-0.3, -0.25) is 9.59 Å². The van der Waals surface area contributed by atoms with Crippen molar-refractivity contribution in [2.75, 3.05) is 25.5 Å². The molecule has 0 aliphatic rings. The van der Waals surface area contributed by atoms with Gasteiger partial charge in [0.2, 0.25) is 0 Å². The highest BCUT2D eigenvalue weighted by atomic mass is 35.5. The lowest BCUT2D eigenvalue weighted by molar-refractivity contribution is -0.143. The topological polar surface area (TPSA) is 71.8 Å². The standard InChI is InChI=1S/C27H33ClN2O4/c1-6-33-25(31)13-14-30(5)27(32)19-7-10-21(11-8-19)29-23(15-17(2)3)26-18(4)22-16-20(28)9-12-24(22)34-26/h7-12,16-17,23,29H,6,13-15H2,1-5H3. The fourth-order valence-corrected chi connectivity index (χ4v) is 4.14. The smallest absolute Gasteiger partial charge is 0.307 e. The van der Waals surface area contributed by atoms with E-state index in [1.165, 1.54) is 4.90 Å². The normalized spacial score (nSPS) is 12.1. The Bertz CT molecular complexity index is 1140. The third kappa shape index (κ3) is 6.32. The molecule has 3 aromatic rings. The molecule has 0 saturated carbocycles.